The van der Waals surface area contributed by atoms with Crippen LogP contribution in [0, 0.1) is 11.8 Å². The summed E-state index contributed by atoms with van der Waals surface area (Å²) in [6.07, 6.45) is 4.63. The van der Waals surface area contributed by atoms with E-state index in [1.807, 2.05) is 30.3 Å². The van der Waals surface area contributed by atoms with Crippen LogP contribution >= 0.6 is 0 Å². The summed E-state index contributed by atoms with van der Waals surface area (Å²) >= 11 is 0. The van der Waals surface area contributed by atoms with Crippen LogP contribution in [0.2, 0.25) is 0 Å². The van der Waals surface area contributed by atoms with Gasteiger partial charge in [-0.05, 0) is 96.1 Å². The van der Waals surface area contributed by atoms with Crippen LogP contribution in [0.25, 0.3) is 0 Å². The number of hydrogen-bond acceptors (Lipinski definition) is 13. The van der Waals surface area contributed by atoms with Crippen LogP contribution in [0.4, 0.5) is 0 Å². The van der Waals surface area contributed by atoms with Gasteiger partial charge >= 0.3 is 29.8 Å². The highest BCUT2D eigenvalue weighted by molar-refractivity contribution is 5.87. The predicted molar refractivity (Wildman–Crippen MR) is 204 cm³/mol. The molecule has 1 aliphatic carbocycles. The van der Waals surface area contributed by atoms with Gasteiger partial charge in [-0.2, -0.15) is 0 Å². The van der Waals surface area contributed by atoms with E-state index in [1.54, 1.807) is 13.8 Å². The molecule has 13 heteroatoms. The molecule has 0 amide bonds. The third-order valence-corrected chi connectivity index (χ3v) is 8.52. The smallest absolute Gasteiger partial charge is 0.333 e. The molecule has 0 saturated heterocycles. The van der Waals surface area contributed by atoms with Gasteiger partial charge in [-0.1, -0.05) is 37.9 Å². The molecule has 1 saturated carbocycles. The molecule has 0 spiro atoms. The molecule has 2 unspecified atom stereocenters. The number of unbranched alkanes of at least 4 members (excludes halogenated alkanes) is 2. The van der Waals surface area contributed by atoms with Crippen molar-refractivity contribution in [3.05, 3.63) is 66.8 Å². The zero-order valence-corrected chi connectivity index (χ0v) is 32.9. The van der Waals surface area contributed by atoms with E-state index < -0.39 is 36.1 Å². The van der Waals surface area contributed by atoms with E-state index in [0.29, 0.717) is 67.6 Å². The Hall–Kier alpha value is -4.49. The van der Waals surface area contributed by atoms with E-state index in [-0.39, 0.29) is 64.0 Å². The van der Waals surface area contributed by atoms with Gasteiger partial charge in [0.15, 0.2) is 12.2 Å². The average molecular weight is 773 g/mol. The minimum Gasteiger partial charge on any atom is -0.490 e. The minimum absolute atomic E-state index is 0.0715. The second kappa shape index (κ2) is 27.1. The number of hydrogen-bond donors (Lipinski definition) is 0. The Kier molecular flexibility index (Phi) is 23.0. The van der Waals surface area contributed by atoms with Crippen LogP contribution in [0.1, 0.15) is 85.0 Å². The lowest BCUT2D eigenvalue weighted by Crippen LogP contribution is -2.32. The largest absolute Gasteiger partial charge is 0.490 e. The van der Waals surface area contributed by atoms with E-state index in [0.717, 1.165) is 25.7 Å². The molecule has 0 bridgehead atoms. The molecule has 1 fully saturated rings. The van der Waals surface area contributed by atoms with E-state index in [9.17, 15) is 24.0 Å². The number of ether oxygens (including phenoxy) is 8. The van der Waals surface area contributed by atoms with Crippen LogP contribution < -0.4 is 4.74 Å². The SMILES string of the molecule is C=C(C)C(=O)OCCCCC(=O)OC(COCC1CCC(COCC(COc2ccccc2)OC(=O)CCCCOC(=O)C(=C)C)CC1)COC(=O)C(=C)C. The minimum atomic E-state index is -0.777. The molecule has 0 heterocycles. The maximum atomic E-state index is 12.6. The first kappa shape index (κ1) is 46.7. The fourth-order valence-corrected chi connectivity index (χ4v) is 5.34. The normalized spacial score (nSPS) is 16.1. The maximum absolute atomic E-state index is 12.6. The molecule has 55 heavy (non-hydrogen) atoms. The summed E-state index contributed by atoms with van der Waals surface area (Å²) in [5.41, 5.74) is 0.879. The van der Waals surface area contributed by atoms with Crippen LogP contribution in [0.15, 0.2) is 66.8 Å². The number of para-hydroxylation sites is 1. The van der Waals surface area contributed by atoms with Gasteiger partial charge in [0.05, 0.1) is 26.4 Å². The standard InChI is InChI=1S/C42H60O13/c1-30(2)40(45)50-22-12-10-16-38(43)54-36(28-52-35-14-8-7-9-15-35)26-48-24-33-18-20-34(21-19-33)25-49-27-37(29-53-42(47)32(5)6)55-39(44)17-11-13-23-51-41(46)31(3)4/h7-9,14-15,33-34,36-37H,1,3,5,10-13,16-29H2,2,4,6H3. The van der Waals surface area contributed by atoms with E-state index >= 15 is 0 Å². The summed E-state index contributed by atoms with van der Waals surface area (Å²) in [7, 11) is 0. The fourth-order valence-electron chi connectivity index (χ4n) is 5.34. The topological polar surface area (TPSA) is 159 Å². The Morgan fingerprint density at radius 1 is 0.582 bits per heavy atom. The third kappa shape index (κ3) is 21.9. The first-order valence-corrected chi connectivity index (χ1v) is 19.0. The van der Waals surface area contributed by atoms with E-state index in [2.05, 4.69) is 19.7 Å². The van der Waals surface area contributed by atoms with Gasteiger partial charge in [-0.15, -0.1) is 0 Å². The molecule has 0 radical (unpaired) electrons. The molecule has 306 valence electrons. The molecule has 0 N–H and O–H groups in total. The number of carbonyl (C=O) groups is 5. The first-order valence-electron chi connectivity index (χ1n) is 19.0. The highest BCUT2D eigenvalue weighted by atomic mass is 16.6. The van der Waals surface area contributed by atoms with Crippen molar-refractivity contribution < 1.29 is 61.9 Å². The molecule has 1 aromatic rings. The van der Waals surface area contributed by atoms with Crippen LogP contribution in [-0.4, -0.2) is 94.9 Å². The predicted octanol–water partition coefficient (Wildman–Crippen LogP) is 6.43. The number of carbonyl (C=O) groups excluding carboxylic acids is 5. The van der Waals surface area contributed by atoms with Crippen molar-refractivity contribution in [2.24, 2.45) is 11.8 Å². The molecule has 1 aromatic carbocycles. The lowest BCUT2D eigenvalue weighted by Gasteiger charge is -2.29. The van der Waals surface area contributed by atoms with E-state index in [4.69, 9.17) is 37.9 Å². The van der Waals surface area contributed by atoms with Gasteiger partial charge in [0.25, 0.3) is 0 Å². The van der Waals surface area contributed by atoms with Crippen molar-refractivity contribution in [1.29, 1.82) is 0 Å². The van der Waals surface area contributed by atoms with E-state index in [1.165, 1.54) is 6.92 Å². The van der Waals surface area contributed by atoms with Crippen LogP contribution in [-0.2, 0) is 57.1 Å². The third-order valence-electron chi connectivity index (χ3n) is 8.52. The Morgan fingerprint density at radius 2 is 1.00 bits per heavy atom. The van der Waals surface area contributed by atoms with Crippen molar-refractivity contribution in [3.8, 4) is 5.75 Å². The lowest BCUT2D eigenvalue weighted by molar-refractivity contribution is -0.161. The van der Waals surface area contributed by atoms with Crippen molar-refractivity contribution in [3.63, 3.8) is 0 Å². The lowest BCUT2D eigenvalue weighted by atomic mass is 9.83. The van der Waals surface area contributed by atoms with Gasteiger partial charge < -0.3 is 37.9 Å². The number of benzene rings is 1. The summed E-state index contributed by atoms with van der Waals surface area (Å²) in [5.74, 6) is -1.03. The summed E-state index contributed by atoms with van der Waals surface area (Å²) in [6.45, 7) is 17.0. The van der Waals surface area contributed by atoms with Gasteiger partial charge in [0, 0.05) is 42.8 Å². The Morgan fingerprint density at radius 3 is 1.44 bits per heavy atom. The highest BCUT2D eigenvalue weighted by Gasteiger charge is 2.24. The molecular weight excluding hydrogens is 712 g/mol. The Balaban J connectivity index is 1.74. The summed E-state index contributed by atoms with van der Waals surface area (Å²) < 4.78 is 44.5. The number of esters is 5. The summed E-state index contributed by atoms with van der Waals surface area (Å²) in [4.78, 5) is 60.1. The fraction of sp³-hybridized carbons (Fsp3) is 0.595. The second-order valence-electron chi connectivity index (χ2n) is 13.9. The zero-order chi connectivity index (χ0) is 40.4. The van der Waals surface area contributed by atoms with Gasteiger partial charge in [0.2, 0.25) is 0 Å². The maximum Gasteiger partial charge on any atom is 0.333 e. The van der Waals surface area contributed by atoms with Crippen LogP contribution in [0.3, 0.4) is 0 Å². The Bertz CT molecular complexity index is 1380. The summed E-state index contributed by atoms with van der Waals surface area (Å²) in [5, 5.41) is 0. The average Bonchev–Trinajstić information content (AvgIpc) is 3.16. The second-order valence-corrected chi connectivity index (χ2v) is 13.9. The zero-order valence-electron chi connectivity index (χ0n) is 32.9. The molecule has 2 atom stereocenters. The van der Waals surface area contributed by atoms with Crippen molar-refractivity contribution in [1.82, 2.24) is 0 Å². The molecular formula is C42H60O13. The van der Waals surface area contributed by atoms with Gasteiger partial charge in [-0.3, -0.25) is 9.59 Å². The van der Waals surface area contributed by atoms with Crippen LogP contribution in [0.5, 0.6) is 5.75 Å². The van der Waals surface area contributed by atoms with Crippen molar-refractivity contribution in [2.45, 2.75) is 97.2 Å². The van der Waals surface area contributed by atoms with Gasteiger partial charge in [-0.25, -0.2) is 14.4 Å². The molecule has 1 aliphatic rings. The Labute approximate surface area is 325 Å². The molecule has 0 aliphatic heterocycles. The van der Waals surface area contributed by atoms with Crippen molar-refractivity contribution in [2.75, 3.05) is 52.9 Å². The molecule has 2 rings (SSSR count). The molecule has 13 nitrogen and oxygen atoms in total. The first-order chi connectivity index (χ1) is 26.3. The number of rotatable bonds is 28. The monoisotopic (exact) mass is 772 g/mol. The van der Waals surface area contributed by atoms with Gasteiger partial charge in [0.1, 0.15) is 19.0 Å². The highest BCUT2D eigenvalue weighted by Crippen LogP contribution is 2.29. The van der Waals surface area contributed by atoms with Crippen molar-refractivity contribution >= 4 is 29.8 Å². The quantitative estimate of drug-likeness (QED) is 0.0398. The molecule has 0 aromatic heterocycles. The summed E-state index contributed by atoms with van der Waals surface area (Å²) in [6, 6.07) is 9.28.